The largest absolute Gasteiger partial charge is 0.495 e. The Morgan fingerprint density at radius 3 is 2.63 bits per heavy atom. The summed E-state index contributed by atoms with van der Waals surface area (Å²) in [5, 5.41) is 12.1. The van der Waals surface area contributed by atoms with Gasteiger partial charge in [0.2, 0.25) is 0 Å². The van der Waals surface area contributed by atoms with E-state index in [2.05, 4.69) is 11.4 Å². The summed E-state index contributed by atoms with van der Waals surface area (Å²) in [6.45, 7) is 1.96. The smallest absolute Gasteiger partial charge is 0.143 e. The van der Waals surface area contributed by atoms with Crippen LogP contribution in [0.3, 0.4) is 0 Å². The first-order valence-corrected chi connectivity index (χ1v) is 5.85. The third-order valence-electron chi connectivity index (χ3n) is 2.89. The lowest BCUT2D eigenvalue weighted by Crippen LogP contribution is -1.97. The summed E-state index contributed by atoms with van der Waals surface area (Å²) in [5.41, 5.74) is 9.89. The predicted molar refractivity (Wildman–Crippen MR) is 76.6 cm³/mol. The number of hydrogen-bond acceptors (Lipinski definition) is 4. The average molecular weight is 253 g/mol. The van der Waals surface area contributed by atoms with Crippen LogP contribution in [0.4, 0.5) is 17.1 Å². The molecule has 2 rings (SSSR count). The molecule has 0 aliphatic carbocycles. The number of methoxy groups -OCH3 is 1. The summed E-state index contributed by atoms with van der Waals surface area (Å²) in [5.74, 6) is 0.623. The lowest BCUT2D eigenvalue weighted by molar-refractivity contribution is 0.416. The molecule has 96 valence electrons. The second-order valence-corrected chi connectivity index (χ2v) is 4.22. The minimum absolute atomic E-state index is 0.561. The number of benzene rings is 2. The summed E-state index contributed by atoms with van der Waals surface area (Å²) in [7, 11) is 1.57. The van der Waals surface area contributed by atoms with Gasteiger partial charge in [0.1, 0.15) is 5.75 Å². The number of hydrogen-bond donors (Lipinski definition) is 2. The molecule has 0 fully saturated rings. The van der Waals surface area contributed by atoms with Crippen LogP contribution in [0.15, 0.2) is 36.4 Å². The summed E-state index contributed by atoms with van der Waals surface area (Å²) in [6, 6.07) is 13.1. The van der Waals surface area contributed by atoms with E-state index in [1.54, 1.807) is 19.2 Å². The lowest BCUT2D eigenvalue weighted by atomic mass is 10.1. The van der Waals surface area contributed by atoms with E-state index in [-0.39, 0.29) is 0 Å². The van der Waals surface area contributed by atoms with Gasteiger partial charge in [-0.3, -0.25) is 0 Å². The Balaban J connectivity index is 2.32. The van der Waals surface area contributed by atoms with Gasteiger partial charge in [-0.05, 0) is 36.8 Å². The monoisotopic (exact) mass is 253 g/mol. The Bertz CT molecular complexity index is 644. The van der Waals surface area contributed by atoms with Crippen molar-refractivity contribution < 1.29 is 4.74 Å². The lowest BCUT2D eigenvalue weighted by Gasteiger charge is -2.12. The molecule has 2 aromatic rings. The number of rotatable bonds is 3. The second-order valence-electron chi connectivity index (χ2n) is 4.22. The zero-order valence-electron chi connectivity index (χ0n) is 10.9. The zero-order valence-corrected chi connectivity index (χ0v) is 10.9. The molecule has 0 aromatic heterocycles. The van der Waals surface area contributed by atoms with Crippen LogP contribution < -0.4 is 15.8 Å². The molecule has 0 unspecified atom stereocenters. The highest BCUT2D eigenvalue weighted by molar-refractivity contribution is 5.70. The van der Waals surface area contributed by atoms with Crippen molar-refractivity contribution in [3.8, 4) is 11.8 Å². The van der Waals surface area contributed by atoms with Gasteiger partial charge in [-0.2, -0.15) is 5.26 Å². The third-order valence-corrected chi connectivity index (χ3v) is 2.89. The van der Waals surface area contributed by atoms with Gasteiger partial charge in [0.05, 0.1) is 24.4 Å². The van der Waals surface area contributed by atoms with Crippen molar-refractivity contribution in [1.82, 2.24) is 0 Å². The number of nitrogen functional groups attached to an aromatic ring is 1. The van der Waals surface area contributed by atoms with E-state index in [1.807, 2.05) is 31.2 Å². The first-order chi connectivity index (χ1) is 9.13. The van der Waals surface area contributed by atoms with Crippen LogP contribution in [0.1, 0.15) is 11.1 Å². The molecule has 0 radical (unpaired) electrons. The molecule has 0 aliphatic rings. The highest BCUT2D eigenvalue weighted by Crippen LogP contribution is 2.29. The van der Waals surface area contributed by atoms with Crippen molar-refractivity contribution in [2.45, 2.75) is 6.92 Å². The van der Waals surface area contributed by atoms with Crippen LogP contribution in [-0.2, 0) is 0 Å². The van der Waals surface area contributed by atoms with Crippen LogP contribution >= 0.6 is 0 Å². The molecule has 0 saturated carbocycles. The Kier molecular flexibility index (Phi) is 3.58. The summed E-state index contributed by atoms with van der Waals surface area (Å²) < 4.78 is 5.27. The van der Waals surface area contributed by atoms with Gasteiger partial charge in [0, 0.05) is 17.4 Å². The van der Waals surface area contributed by atoms with E-state index in [0.717, 1.165) is 22.6 Å². The van der Waals surface area contributed by atoms with Gasteiger partial charge in [-0.15, -0.1) is 0 Å². The molecule has 2 aromatic carbocycles. The van der Waals surface area contributed by atoms with Crippen LogP contribution in [0, 0.1) is 18.3 Å². The third kappa shape index (κ3) is 2.78. The number of nitriles is 1. The van der Waals surface area contributed by atoms with Gasteiger partial charge >= 0.3 is 0 Å². The first-order valence-electron chi connectivity index (χ1n) is 5.85. The molecule has 4 nitrogen and oxygen atoms in total. The molecule has 19 heavy (non-hydrogen) atoms. The first kappa shape index (κ1) is 12.8. The number of nitrogens with zero attached hydrogens (tertiary/aromatic N) is 1. The van der Waals surface area contributed by atoms with E-state index in [4.69, 9.17) is 15.7 Å². The Morgan fingerprint density at radius 1 is 1.21 bits per heavy atom. The van der Waals surface area contributed by atoms with Crippen molar-refractivity contribution in [3.63, 3.8) is 0 Å². The molecular formula is C15H15N3O. The van der Waals surface area contributed by atoms with Gasteiger partial charge in [-0.1, -0.05) is 6.07 Å². The van der Waals surface area contributed by atoms with Gasteiger partial charge in [0.25, 0.3) is 0 Å². The zero-order chi connectivity index (χ0) is 13.8. The Hall–Kier alpha value is -2.67. The van der Waals surface area contributed by atoms with E-state index >= 15 is 0 Å². The van der Waals surface area contributed by atoms with E-state index < -0.39 is 0 Å². The summed E-state index contributed by atoms with van der Waals surface area (Å²) in [6.07, 6.45) is 0. The Labute approximate surface area is 112 Å². The maximum atomic E-state index is 8.86. The molecule has 0 amide bonds. The normalized spacial score (nSPS) is 9.74. The average Bonchev–Trinajstić information content (AvgIpc) is 2.43. The number of ether oxygens (including phenoxy) is 1. The molecule has 0 atom stereocenters. The quantitative estimate of drug-likeness (QED) is 0.824. The SMILES string of the molecule is COc1cc(C#N)ccc1Nc1ccc(C)c(N)c1. The summed E-state index contributed by atoms with van der Waals surface area (Å²) >= 11 is 0. The van der Waals surface area contributed by atoms with Crippen LogP contribution in [0.2, 0.25) is 0 Å². The highest BCUT2D eigenvalue weighted by Gasteiger charge is 2.05. The second kappa shape index (κ2) is 5.32. The van der Waals surface area contributed by atoms with E-state index in [1.165, 1.54) is 0 Å². The molecular weight excluding hydrogens is 238 g/mol. The van der Waals surface area contributed by atoms with E-state index in [9.17, 15) is 0 Å². The minimum Gasteiger partial charge on any atom is -0.495 e. The van der Waals surface area contributed by atoms with Crippen LogP contribution in [0.5, 0.6) is 5.75 Å². The standard InChI is InChI=1S/C15H15N3O/c1-10-3-5-12(8-13(10)17)18-14-6-4-11(9-16)7-15(14)19-2/h3-8,18H,17H2,1-2H3. The topological polar surface area (TPSA) is 71.1 Å². The fourth-order valence-electron chi connectivity index (χ4n) is 1.74. The number of nitrogens with one attached hydrogen (secondary N) is 1. The fourth-order valence-corrected chi connectivity index (χ4v) is 1.74. The van der Waals surface area contributed by atoms with Crippen LogP contribution in [-0.4, -0.2) is 7.11 Å². The van der Waals surface area contributed by atoms with Crippen molar-refractivity contribution in [2.75, 3.05) is 18.2 Å². The molecule has 0 saturated heterocycles. The van der Waals surface area contributed by atoms with Crippen molar-refractivity contribution in [1.29, 1.82) is 5.26 Å². The predicted octanol–water partition coefficient (Wildman–Crippen LogP) is 3.20. The number of anilines is 3. The van der Waals surface area contributed by atoms with Crippen molar-refractivity contribution in [3.05, 3.63) is 47.5 Å². The fraction of sp³-hybridized carbons (Fsp3) is 0.133. The van der Waals surface area contributed by atoms with Crippen molar-refractivity contribution in [2.24, 2.45) is 0 Å². The maximum absolute atomic E-state index is 8.86. The molecule has 4 heteroatoms. The summed E-state index contributed by atoms with van der Waals surface area (Å²) in [4.78, 5) is 0. The minimum atomic E-state index is 0.561. The van der Waals surface area contributed by atoms with Crippen LogP contribution in [0.25, 0.3) is 0 Å². The molecule has 0 bridgehead atoms. The molecule has 0 spiro atoms. The maximum Gasteiger partial charge on any atom is 0.143 e. The number of nitrogens with two attached hydrogens (primary N) is 1. The van der Waals surface area contributed by atoms with Gasteiger partial charge < -0.3 is 15.8 Å². The molecule has 3 N–H and O–H groups in total. The van der Waals surface area contributed by atoms with Gasteiger partial charge in [-0.25, -0.2) is 0 Å². The van der Waals surface area contributed by atoms with E-state index in [0.29, 0.717) is 11.3 Å². The van der Waals surface area contributed by atoms with Crippen molar-refractivity contribution >= 4 is 17.1 Å². The Morgan fingerprint density at radius 2 is 2.00 bits per heavy atom. The van der Waals surface area contributed by atoms with Gasteiger partial charge in [0.15, 0.2) is 0 Å². The molecule has 0 aliphatic heterocycles. The molecule has 0 heterocycles. The highest BCUT2D eigenvalue weighted by atomic mass is 16.5. The number of aryl methyl sites for hydroxylation is 1.